The number of halogens is 6. The minimum absolute atomic E-state index is 0.0932. The van der Waals surface area contributed by atoms with Crippen LogP contribution in [0.3, 0.4) is 0 Å². The lowest BCUT2D eigenvalue weighted by Crippen LogP contribution is -2.38. The van der Waals surface area contributed by atoms with Crippen LogP contribution in [-0.4, -0.2) is 25.7 Å². The van der Waals surface area contributed by atoms with Crippen molar-refractivity contribution >= 4 is 0 Å². The van der Waals surface area contributed by atoms with E-state index in [1.807, 2.05) is 0 Å². The average Bonchev–Trinajstić information content (AvgIpc) is 2.37. The molecule has 8 heteroatoms. The van der Waals surface area contributed by atoms with Gasteiger partial charge < -0.3 is 9.47 Å². The van der Waals surface area contributed by atoms with Gasteiger partial charge in [0.05, 0.1) is 7.11 Å². The Hall–Kier alpha value is -1.44. The highest BCUT2D eigenvalue weighted by atomic mass is 19.3. The summed E-state index contributed by atoms with van der Waals surface area (Å²) in [5, 5.41) is 0. The van der Waals surface area contributed by atoms with Gasteiger partial charge >= 0.3 is 5.92 Å². The number of methoxy groups -OCH3 is 1. The smallest absolute Gasteiger partial charge is 0.327 e. The monoisotopic (exact) mass is 302 g/mol. The normalized spacial score (nSPS) is 15.8. The first kappa shape index (κ1) is 16.6. The van der Waals surface area contributed by atoms with Crippen LogP contribution in [-0.2, 0) is 10.7 Å². The highest BCUT2D eigenvalue weighted by Crippen LogP contribution is 2.37. The molecule has 0 N–H and O–H groups in total. The Morgan fingerprint density at radius 1 is 0.950 bits per heavy atom. The summed E-state index contributed by atoms with van der Waals surface area (Å²) in [6.45, 7) is 0.0932. The van der Waals surface area contributed by atoms with Gasteiger partial charge in [-0.3, -0.25) is 0 Å². The molecule has 1 aromatic carbocycles. The summed E-state index contributed by atoms with van der Waals surface area (Å²) >= 11 is 0. The van der Waals surface area contributed by atoms with Gasteiger partial charge in [0.25, 0.3) is 18.6 Å². The SMILES string of the molecule is COc1ccc(C(F)(F)[C@@H](F)O[C@@H](F)C(C)(F)F)cc1. The van der Waals surface area contributed by atoms with Gasteiger partial charge in [0.1, 0.15) is 5.75 Å². The second-order valence-corrected chi connectivity index (χ2v) is 4.08. The third kappa shape index (κ3) is 3.78. The molecular weight excluding hydrogens is 290 g/mol. The number of alkyl halides is 6. The lowest BCUT2D eigenvalue weighted by atomic mass is 10.1. The number of hydrogen-bond acceptors (Lipinski definition) is 2. The number of benzene rings is 1. The Bertz CT molecular complexity index is 429. The standard InChI is InChI=1S/C12H12F6O2/c1-11(15,16)9(13)20-10(14)12(17,18)7-3-5-8(19-2)6-4-7/h3-6,9-10H,1-2H3/t9-,10+/m1/s1. The van der Waals surface area contributed by atoms with Crippen LogP contribution >= 0.6 is 0 Å². The highest BCUT2D eigenvalue weighted by Gasteiger charge is 2.48. The molecule has 20 heavy (non-hydrogen) atoms. The van der Waals surface area contributed by atoms with Crippen LogP contribution in [0.1, 0.15) is 12.5 Å². The molecule has 0 fully saturated rings. The highest BCUT2D eigenvalue weighted by molar-refractivity contribution is 5.30. The molecule has 2 nitrogen and oxygen atoms in total. The topological polar surface area (TPSA) is 18.5 Å². The molecule has 0 aliphatic heterocycles. The van der Waals surface area contributed by atoms with Gasteiger partial charge in [-0.15, -0.1) is 0 Å². The molecule has 0 spiro atoms. The first-order chi connectivity index (χ1) is 9.09. The average molecular weight is 302 g/mol. The fraction of sp³-hybridized carbons (Fsp3) is 0.500. The number of hydrogen-bond donors (Lipinski definition) is 0. The molecule has 0 aliphatic rings. The zero-order valence-electron chi connectivity index (χ0n) is 10.5. The predicted molar refractivity (Wildman–Crippen MR) is 58.4 cm³/mol. The third-order valence-electron chi connectivity index (χ3n) is 2.40. The zero-order valence-corrected chi connectivity index (χ0v) is 10.5. The van der Waals surface area contributed by atoms with Gasteiger partial charge in [0.2, 0.25) is 0 Å². The van der Waals surface area contributed by atoms with Crippen molar-refractivity contribution in [1.82, 2.24) is 0 Å². The Kier molecular flexibility index (Phi) is 4.90. The third-order valence-corrected chi connectivity index (χ3v) is 2.40. The molecule has 1 rings (SSSR count). The molecule has 0 amide bonds. The van der Waals surface area contributed by atoms with Crippen molar-refractivity contribution in [1.29, 1.82) is 0 Å². The quantitative estimate of drug-likeness (QED) is 0.738. The molecule has 0 heterocycles. The maximum absolute atomic E-state index is 13.6. The largest absolute Gasteiger partial charge is 0.497 e. The van der Waals surface area contributed by atoms with Gasteiger partial charge in [-0.2, -0.15) is 8.78 Å². The van der Waals surface area contributed by atoms with E-state index in [2.05, 4.69) is 4.74 Å². The van der Waals surface area contributed by atoms with E-state index in [0.717, 1.165) is 24.3 Å². The summed E-state index contributed by atoms with van der Waals surface area (Å²) in [4.78, 5) is 0. The molecule has 0 bridgehead atoms. The minimum Gasteiger partial charge on any atom is -0.497 e. The van der Waals surface area contributed by atoms with Crippen LogP contribution in [0.25, 0.3) is 0 Å². The van der Waals surface area contributed by atoms with Gasteiger partial charge in [-0.05, 0) is 24.3 Å². The Labute approximate surface area is 111 Å². The fourth-order valence-electron chi connectivity index (χ4n) is 1.25. The summed E-state index contributed by atoms with van der Waals surface area (Å²) in [5.74, 6) is -8.12. The Morgan fingerprint density at radius 3 is 1.85 bits per heavy atom. The van der Waals surface area contributed by atoms with E-state index in [1.165, 1.54) is 7.11 Å². The summed E-state index contributed by atoms with van der Waals surface area (Å²) in [6, 6.07) is 3.90. The fourth-order valence-corrected chi connectivity index (χ4v) is 1.25. The van der Waals surface area contributed by atoms with Gasteiger partial charge in [0, 0.05) is 12.5 Å². The van der Waals surface area contributed by atoms with Crippen LogP contribution in [0.5, 0.6) is 5.75 Å². The molecule has 2 atom stereocenters. The van der Waals surface area contributed by atoms with E-state index in [-0.39, 0.29) is 12.7 Å². The summed E-state index contributed by atoms with van der Waals surface area (Å²) < 4.78 is 86.2. The van der Waals surface area contributed by atoms with E-state index in [9.17, 15) is 26.3 Å². The van der Waals surface area contributed by atoms with Crippen molar-refractivity contribution in [2.75, 3.05) is 7.11 Å². The second-order valence-electron chi connectivity index (χ2n) is 4.08. The van der Waals surface area contributed by atoms with E-state index < -0.39 is 30.1 Å². The van der Waals surface area contributed by atoms with E-state index in [1.54, 1.807) is 0 Å². The van der Waals surface area contributed by atoms with Gasteiger partial charge in [-0.25, -0.2) is 17.6 Å². The molecule has 0 saturated carbocycles. The van der Waals surface area contributed by atoms with Crippen molar-refractivity contribution in [3.05, 3.63) is 29.8 Å². The van der Waals surface area contributed by atoms with Crippen LogP contribution in [0.15, 0.2) is 24.3 Å². The van der Waals surface area contributed by atoms with Crippen molar-refractivity contribution in [2.24, 2.45) is 0 Å². The first-order valence-electron chi connectivity index (χ1n) is 5.42. The molecule has 1 aromatic rings. The second kappa shape index (κ2) is 5.90. The van der Waals surface area contributed by atoms with Gasteiger partial charge in [-0.1, -0.05) is 0 Å². The Morgan fingerprint density at radius 2 is 1.45 bits per heavy atom. The van der Waals surface area contributed by atoms with Crippen molar-refractivity contribution in [3.8, 4) is 5.75 Å². The maximum atomic E-state index is 13.6. The summed E-state index contributed by atoms with van der Waals surface area (Å²) in [5.41, 5.74) is -0.850. The van der Waals surface area contributed by atoms with Crippen molar-refractivity contribution < 1.29 is 35.8 Å². The summed E-state index contributed by atoms with van der Waals surface area (Å²) in [6.07, 6.45) is -7.02. The molecule has 0 unspecified atom stereocenters. The maximum Gasteiger partial charge on any atom is 0.327 e. The van der Waals surface area contributed by atoms with E-state index in [4.69, 9.17) is 4.74 Å². The van der Waals surface area contributed by atoms with E-state index >= 15 is 0 Å². The first-order valence-corrected chi connectivity index (χ1v) is 5.42. The summed E-state index contributed by atoms with van der Waals surface area (Å²) in [7, 11) is 1.30. The molecular formula is C12H12F6O2. The molecule has 0 aliphatic carbocycles. The lowest BCUT2D eigenvalue weighted by Gasteiger charge is -2.24. The molecule has 0 aromatic heterocycles. The minimum atomic E-state index is -4.28. The van der Waals surface area contributed by atoms with E-state index in [0.29, 0.717) is 0 Å². The molecule has 114 valence electrons. The number of ether oxygens (including phenoxy) is 2. The lowest BCUT2D eigenvalue weighted by molar-refractivity contribution is -0.287. The number of rotatable bonds is 6. The molecule has 0 saturated heterocycles. The molecule has 0 radical (unpaired) electrons. The van der Waals surface area contributed by atoms with Gasteiger partial charge in [0.15, 0.2) is 0 Å². The zero-order chi connectivity index (χ0) is 15.6. The van der Waals surface area contributed by atoms with Crippen LogP contribution in [0.2, 0.25) is 0 Å². The predicted octanol–water partition coefficient (Wildman–Crippen LogP) is 4.05. The van der Waals surface area contributed by atoms with Crippen molar-refractivity contribution in [2.45, 2.75) is 31.5 Å². The van der Waals surface area contributed by atoms with Crippen LogP contribution < -0.4 is 4.74 Å². The van der Waals surface area contributed by atoms with Crippen LogP contribution in [0, 0.1) is 0 Å². The van der Waals surface area contributed by atoms with Crippen molar-refractivity contribution in [3.63, 3.8) is 0 Å². The Balaban J connectivity index is 2.85. The van der Waals surface area contributed by atoms with Crippen LogP contribution in [0.4, 0.5) is 26.3 Å².